The molecule has 19 heavy (non-hydrogen) atoms. The minimum atomic E-state index is -0.335. The van der Waals surface area contributed by atoms with Gasteiger partial charge in [-0.25, -0.2) is 0 Å². The number of β-amino-alcohol motifs (C(OH)–C–C–N with tert-alkyl or cyclic N) is 1. The number of likely N-dealkylation sites (N-methyl/N-ethyl adjacent to an activating group) is 1. The van der Waals surface area contributed by atoms with E-state index in [4.69, 9.17) is 9.15 Å². The van der Waals surface area contributed by atoms with Crippen molar-refractivity contribution >= 4 is 0 Å². The van der Waals surface area contributed by atoms with E-state index in [-0.39, 0.29) is 6.10 Å². The topological polar surface area (TPSA) is 49.1 Å². The molecule has 1 saturated heterocycles. The fourth-order valence-corrected chi connectivity index (χ4v) is 2.38. The van der Waals surface area contributed by atoms with Crippen molar-refractivity contribution in [2.45, 2.75) is 19.6 Å². The molecule has 1 aromatic heterocycles. The Morgan fingerprint density at radius 3 is 2.79 bits per heavy atom. The minimum absolute atomic E-state index is 0.335. The summed E-state index contributed by atoms with van der Waals surface area (Å²) in [5.41, 5.74) is 1.16. The highest BCUT2D eigenvalue weighted by atomic mass is 16.5. The lowest BCUT2D eigenvalue weighted by Gasteiger charge is -2.29. The number of morpholine rings is 1. The van der Waals surface area contributed by atoms with Gasteiger partial charge in [-0.05, 0) is 25.6 Å². The summed E-state index contributed by atoms with van der Waals surface area (Å²) in [5.74, 6) is 0.973. The molecule has 1 atom stereocenters. The van der Waals surface area contributed by atoms with Crippen molar-refractivity contribution in [3.05, 3.63) is 23.7 Å². The number of nitrogens with zero attached hydrogens (tertiary/aromatic N) is 2. The van der Waals surface area contributed by atoms with Gasteiger partial charge in [-0.3, -0.25) is 9.80 Å². The molecule has 5 heteroatoms. The van der Waals surface area contributed by atoms with Crippen LogP contribution in [0.5, 0.6) is 0 Å². The average molecular weight is 268 g/mol. The Morgan fingerprint density at radius 2 is 2.16 bits per heavy atom. The quantitative estimate of drug-likeness (QED) is 0.823. The number of rotatable bonds is 6. The van der Waals surface area contributed by atoms with Crippen molar-refractivity contribution in [3.8, 4) is 0 Å². The molecule has 2 rings (SSSR count). The molecule has 1 fully saturated rings. The molecular formula is C14H24N2O3. The average Bonchev–Trinajstić information content (AvgIpc) is 2.76. The number of aliphatic hydroxyl groups is 1. The predicted octanol–water partition coefficient (Wildman–Crippen LogP) is 0.713. The van der Waals surface area contributed by atoms with Crippen molar-refractivity contribution in [2.75, 3.05) is 46.4 Å². The zero-order chi connectivity index (χ0) is 13.7. The van der Waals surface area contributed by atoms with Gasteiger partial charge in [-0.2, -0.15) is 0 Å². The lowest BCUT2D eigenvalue weighted by atomic mass is 10.2. The molecule has 108 valence electrons. The summed E-state index contributed by atoms with van der Waals surface area (Å²) < 4.78 is 10.7. The molecule has 1 aliphatic rings. The summed E-state index contributed by atoms with van der Waals surface area (Å²) in [6.07, 6.45) is 1.38. The van der Waals surface area contributed by atoms with Crippen LogP contribution < -0.4 is 0 Å². The Balaban J connectivity index is 1.72. The first-order valence-corrected chi connectivity index (χ1v) is 6.85. The van der Waals surface area contributed by atoms with E-state index in [0.717, 1.165) is 44.2 Å². The number of furan rings is 1. The van der Waals surface area contributed by atoms with Crippen LogP contribution in [0.25, 0.3) is 0 Å². The number of ether oxygens (including phenoxy) is 1. The van der Waals surface area contributed by atoms with E-state index in [1.54, 1.807) is 6.26 Å². The van der Waals surface area contributed by atoms with Crippen LogP contribution in [-0.4, -0.2) is 67.5 Å². The zero-order valence-electron chi connectivity index (χ0n) is 11.8. The van der Waals surface area contributed by atoms with E-state index in [2.05, 4.69) is 9.80 Å². The highest BCUT2D eigenvalue weighted by Crippen LogP contribution is 2.11. The van der Waals surface area contributed by atoms with Gasteiger partial charge in [0.2, 0.25) is 0 Å². The van der Waals surface area contributed by atoms with Gasteiger partial charge in [0.05, 0.1) is 32.1 Å². The van der Waals surface area contributed by atoms with Gasteiger partial charge in [0, 0.05) is 26.2 Å². The van der Waals surface area contributed by atoms with Crippen LogP contribution in [0.15, 0.2) is 16.7 Å². The fraction of sp³-hybridized carbons (Fsp3) is 0.714. The first-order valence-electron chi connectivity index (χ1n) is 6.85. The summed E-state index contributed by atoms with van der Waals surface area (Å²) in [4.78, 5) is 4.34. The van der Waals surface area contributed by atoms with Gasteiger partial charge in [0.15, 0.2) is 0 Å². The maximum Gasteiger partial charge on any atom is 0.120 e. The van der Waals surface area contributed by atoms with Crippen LogP contribution in [0.3, 0.4) is 0 Å². The molecule has 1 unspecified atom stereocenters. The number of aliphatic hydroxyl groups excluding tert-OH is 1. The van der Waals surface area contributed by atoms with Gasteiger partial charge in [0.25, 0.3) is 0 Å². The molecule has 0 bridgehead atoms. The molecule has 0 aromatic carbocycles. The third kappa shape index (κ3) is 4.62. The number of hydrogen-bond acceptors (Lipinski definition) is 5. The molecule has 0 saturated carbocycles. The standard InChI is InChI=1S/C14H24N2O3/c1-12-3-6-19-14(12)11-15(2)9-13(17)10-16-4-7-18-8-5-16/h3,6,13,17H,4-5,7-11H2,1-2H3. The smallest absolute Gasteiger partial charge is 0.120 e. The third-order valence-corrected chi connectivity index (χ3v) is 3.48. The third-order valence-electron chi connectivity index (χ3n) is 3.48. The summed E-state index contributed by atoms with van der Waals surface area (Å²) in [5, 5.41) is 10.1. The fourth-order valence-electron chi connectivity index (χ4n) is 2.38. The molecule has 0 spiro atoms. The van der Waals surface area contributed by atoms with Crippen LogP contribution in [0.2, 0.25) is 0 Å². The summed E-state index contributed by atoms with van der Waals surface area (Å²) in [7, 11) is 2.00. The van der Waals surface area contributed by atoms with Crippen LogP contribution >= 0.6 is 0 Å². The number of aryl methyl sites for hydroxylation is 1. The van der Waals surface area contributed by atoms with Crippen molar-refractivity contribution in [3.63, 3.8) is 0 Å². The maximum atomic E-state index is 10.1. The molecular weight excluding hydrogens is 244 g/mol. The molecule has 0 amide bonds. The Labute approximate surface area is 114 Å². The summed E-state index contributed by atoms with van der Waals surface area (Å²) in [6, 6.07) is 1.97. The van der Waals surface area contributed by atoms with E-state index in [1.807, 2.05) is 20.0 Å². The second kappa shape index (κ2) is 7.05. The van der Waals surface area contributed by atoms with Gasteiger partial charge in [0.1, 0.15) is 5.76 Å². The van der Waals surface area contributed by atoms with Crippen molar-refractivity contribution in [1.82, 2.24) is 9.80 Å². The predicted molar refractivity (Wildman–Crippen MR) is 73.0 cm³/mol. The lowest BCUT2D eigenvalue weighted by molar-refractivity contribution is 0.00790. The van der Waals surface area contributed by atoms with E-state index >= 15 is 0 Å². The zero-order valence-corrected chi connectivity index (χ0v) is 11.8. The molecule has 5 nitrogen and oxygen atoms in total. The van der Waals surface area contributed by atoms with E-state index in [1.165, 1.54) is 0 Å². The van der Waals surface area contributed by atoms with Crippen LogP contribution in [0.4, 0.5) is 0 Å². The lowest BCUT2D eigenvalue weighted by Crippen LogP contribution is -2.43. The first-order chi connectivity index (χ1) is 9.15. The Hall–Kier alpha value is -0.880. The molecule has 0 radical (unpaired) electrons. The first kappa shape index (κ1) is 14.5. The Bertz CT molecular complexity index is 375. The van der Waals surface area contributed by atoms with Gasteiger partial charge in [-0.15, -0.1) is 0 Å². The maximum absolute atomic E-state index is 10.1. The van der Waals surface area contributed by atoms with E-state index in [0.29, 0.717) is 13.1 Å². The Kier molecular flexibility index (Phi) is 5.39. The molecule has 2 heterocycles. The van der Waals surface area contributed by atoms with Crippen molar-refractivity contribution in [2.24, 2.45) is 0 Å². The second-order valence-corrected chi connectivity index (χ2v) is 5.29. The van der Waals surface area contributed by atoms with E-state index < -0.39 is 0 Å². The molecule has 1 aliphatic heterocycles. The largest absolute Gasteiger partial charge is 0.468 e. The highest BCUT2D eigenvalue weighted by molar-refractivity contribution is 5.14. The molecule has 1 aromatic rings. The van der Waals surface area contributed by atoms with E-state index in [9.17, 15) is 5.11 Å². The minimum Gasteiger partial charge on any atom is -0.468 e. The summed E-state index contributed by atoms with van der Waals surface area (Å²) in [6.45, 7) is 7.51. The summed E-state index contributed by atoms with van der Waals surface area (Å²) >= 11 is 0. The Morgan fingerprint density at radius 1 is 1.42 bits per heavy atom. The van der Waals surface area contributed by atoms with Crippen LogP contribution in [0.1, 0.15) is 11.3 Å². The van der Waals surface area contributed by atoms with Crippen LogP contribution in [-0.2, 0) is 11.3 Å². The highest BCUT2D eigenvalue weighted by Gasteiger charge is 2.16. The number of hydrogen-bond donors (Lipinski definition) is 1. The second-order valence-electron chi connectivity index (χ2n) is 5.29. The van der Waals surface area contributed by atoms with Crippen molar-refractivity contribution in [1.29, 1.82) is 0 Å². The monoisotopic (exact) mass is 268 g/mol. The van der Waals surface area contributed by atoms with Crippen LogP contribution in [0, 0.1) is 6.92 Å². The van der Waals surface area contributed by atoms with Crippen molar-refractivity contribution < 1.29 is 14.3 Å². The van der Waals surface area contributed by atoms with Gasteiger partial charge in [-0.1, -0.05) is 0 Å². The normalized spacial score (nSPS) is 18.9. The SMILES string of the molecule is Cc1ccoc1CN(C)CC(O)CN1CCOCC1. The van der Waals surface area contributed by atoms with Gasteiger partial charge < -0.3 is 14.3 Å². The molecule has 1 N–H and O–H groups in total. The van der Waals surface area contributed by atoms with Gasteiger partial charge >= 0.3 is 0 Å². The molecule has 0 aliphatic carbocycles.